The maximum absolute atomic E-state index is 5.29. The molecular weight excluding hydrogens is 146 g/mol. The summed E-state index contributed by atoms with van der Waals surface area (Å²) in [6, 6.07) is 0. The highest BCUT2D eigenvalue weighted by atomic mass is 35.5. The molecule has 0 fully saturated rings. The standard InChI is InChI=1S/C8H12ClN/c1-2-3-4-7-10-8-5-6-9/h5-6,10H,4,7-8H2,1H3/b6-5+. The Balaban J connectivity index is 2.95. The SMILES string of the molecule is CC#CCCNC/C=C/Cl. The summed E-state index contributed by atoms with van der Waals surface area (Å²) < 4.78 is 0. The molecule has 0 rings (SSSR count). The molecule has 0 aliphatic carbocycles. The Kier molecular flexibility index (Phi) is 8.17. The Bertz CT molecular complexity index is 141. The predicted molar refractivity (Wildman–Crippen MR) is 45.9 cm³/mol. The Morgan fingerprint density at radius 1 is 1.60 bits per heavy atom. The van der Waals surface area contributed by atoms with Gasteiger partial charge in [0.25, 0.3) is 0 Å². The van der Waals surface area contributed by atoms with Crippen molar-refractivity contribution >= 4 is 11.6 Å². The van der Waals surface area contributed by atoms with E-state index in [0.29, 0.717) is 0 Å². The summed E-state index contributed by atoms with van der Waals surface area (Å²) in [6.45, 7) is 3.61. The Labute approximate surface area is 67.5 Å². The molecule has 0 radical (unpaired) electrons. The minimum absolute atomic E-state index is 0.828. The van der Waals surface area contributed by atoms with E-state index < -0.39 is 0 Å². The maximum Gasteiger partial charge on any atom is 0.0214 e. The van der Waals surface area contributed by atoms with Crippen LogP contribution in [-0.4, -0.2) is 13.1 Å². The normalized spacial score (nSPS) is 9.40. The zero-order chi connectivity index (χ0) is 7.66. The average Bonchev–Trinajstić information content (AvgIpc) is 1.97. The van der Waals surface area contributed by atoms with E-state index in [-0.39, 0.29) is 0 Å². The number of rotatable bonds is 4. The van der Waals surface area contributed by atoms with E-state index in [4.69, 9.17) is 11.6 Å². The third-order valence-electron chi connectivity index (χ3n) is 0.955. The van der Waals surface area contributed by atoms with Gasteiger partial charge in [-0.25, -0.2) is 0 Å². The maximum atomic E-state index is 5.29. The number of hydrogen-bond donors (Lipinski definition) is 1. The molecule has 0 saturated heterocycles. The highest BCUT2D eigenvalue weighted by Crippen LogP contribution is 1.76. The second-order valence-corrected chi connectivity index (χ2v) is 1.99. The molecule has 10 heavy (non-hydrogen) atoms. The van der Waals surface area contributed by atoms with Crippen LogP contribution in [0.5, 0.6) is 0 Å². The van der Waals surface area contributed by atoms with Crippen LogP contribution in [0.2, 0.25) is 0 Å². The lowest BCUT2D eigenvalue weighted by Gasteiger charge is -1.93. The van der Waals surface area contributed by atoms with E-state index in [1.165, 1.54) is 5.54 Å². The van der Waals surface area contributed by atoms with Crippen molar-refractivity contribution in [2.45, 2.75) is 13.3 Å². The highest BCUT2D eigenvalue weighted by Gasteiger charge is 1.78. The topological polar surface area (TPSA) is 12.0 Å². The van der Waals surface area contributed by atoms with E-state index in [1.807, 2.05) is 13.0 Å². The molecular formula is C8H12ClN. The largest absolute Gasteiger partial charge is 0.312 e. The van der Waals surface area contributed by atoms with Crippen molar-refractivity contribution < 1.29 is 0 Å². The van der Waals surface area contributed by atoms with Gasteiger partial charge in [0.05, 0.1) is 0 Å². The number of hydrogen-bond acceptors (Lipinski definition) is 1. The second kappa shape index (κ2) is 8.55. The molecule has 1 nitrogen and oxygen atoms in total. The van der Waals surface area contributed by atoms with Gasteiger partial charge in [0.15, 0.2) is 0 Å². The van der Waals surface area contributed by atoms with Gasteiger partial charge in [0.1, 0.15) is 0 Å². The summed E-state index contributed by atoms with van der Waals surface area (Å²) >= 11 is 5.29. The zero-order valence-corrected chi connectivity index (χ0v) is 6.91. The first kappa shape index (κ1) is 9.55. The molecule has 56 valence electrons. The van der Waals surface area contributed by atoms with Crippen LogP contribution in [0.3, 0.4) is 0 Å². The quantitative estimate of drug-likeness (QED) is 0.484. The van der Waals surface area contributed by atoms with Crippen LogP contribution in [0.4, 0.5) is 0 Å². The van der Waals surface area contributed by atoms with E-state index >= 15 is 0 Å². The first-order valence-corrected chi connectivity index (χ1v) is 3.71. The monoisotopic (exact) mass is 157 g/mol. The van der Waals surface area contributed by atoms with Crippen molar-refractivity contribution in [2.24, 2.45) is 0 Å². The molecule has 0 aliphatic rings. The van der Waals surface area contributed by atoms with Crippen molar-refractivity contribution in [3.05, 3.63) is 11.6 Å². The third-order valence-corrected chi connectivity index (χ3v) is 1.13. The van der Waals surface area contributed by atoms with Crippen molar-refractivity contribution in [3.8, 4) is 11.8 Å². The third kappa shape index (κ3) is 7.55. The average molecular weight is 158 g/mol. The van der Waals surface area contributed by atoms with Crippen LogP contribution in [0, 0.1) is 11.8 Å². The van der Waals surface area contributed by atoms with Crippen LogP contribution in [-0.2, 0) is 0 Å². The van der Waals surface area contributed by atoms with Gasteiger partial charge in [-0.15, -0.1) is 11.8 Å². The molecule has 0 saturated carbocycles. The van der Waals surface area contributed by atoms with Gasteiger partial charge in [-0.05, 0) is 6.92 Å². The first-order valence-electron chi connectivity index (χ1n) is 3.27. The van der Waals surface area contributed by atoms with Gasteiger partial charge < -0.3 is 5.32 Å². The fourth-order valence-corrected chi connectivity index (χ4v) is 0.595. The minimum atomic E-state index is 0.828. The molecule has 0 aromatic carbocycles. The Morgan fingerprint density at radius 2 is 2.40 bits per heavy atom. The van der Waals surface area contributed by atoms with Gasteiger partial charge >= 0.3 is 0 Å². The van der Waals surface area contributed by atoms with E-state index in [2.05, 4.69) is 17.2 Å². The van der Waals surface area contributed by atoms with Crippen LogP contribution in [0.25, 0.3) is 0 Å². The molecule has 0 amide bonds. The molecule has 0 aromatic heterocycles. The van der Waals surface area contributed by atoms with E-state index in [0.717, 1.165) is 19.5 Å². The highest BCUT2D eigenvalue weighted by molar-refractivity contribution is 6.25. The molecule has 2 heteroatoms. The molecule has 0 bridgehead atoms. The van der Waals surface area contributed by atoms with E-state index in [1.54, 1.807) is 0 Å². The number of nitrogens with one attached hydrogen (secondary N) is 1. The number of halogens is 1. The van der Waals surface area contributed by atoms with Crippen LogP contribution < -0.4 is 5.32 Å². The zero-order valence-electron chi connectivity index (χ0n) is 6.15. The van der Waals surface area contributed by atoms with Gasteiger partial charge in [-0.3, -0.25) is 0 Å². The summed E-state index contributed by atoms with van der Waals surface area (Å²) in [4.78, 5) is 0. The fraction of sp³-hybridized carbons (Fsp3) is 0.500. The molecule has 1 N–H and O–H groups in total. The van der Waals surface area contributed by atoms with Crippen LogP contribution in [0.15, 0.2) is 11.6 Å². The Morgan fingerprint density at radius 3 is 3.00 bits per heavy atom. The molecule has 0 heterocycles. The first-order chi connectivity index (χ1) is 4.91. The van der Waals surface area contributed by atoms with Crippen LogP contribution >= 0.6 is 11.6 Å². The van der Waals surface area contributed by atoms with Crippen molar-refractivity contribution in [3.63, 3.8) is 0 Å². The fourth-order valence-electron chi connectivity index (χ4n) is 0.506. The van der Waals surface area contributed by atoms with Crippen molar-refractivity contribution in [1.29, 1.82) is 0 Å². The molecule has 0 spiro atoms. The lowest BCUT2D eigenvalue weighted by atomic mass is 10.4. The van der Waals surface area contributed by atoms with Gasteiger partial charge in [0.2, 0.25) is 0 Å². The summed E-state index contributed by atoms with van der Waals surface area (Å²) in [6.07, 6.45) is 2.77. The Hall–Kier alpha value is -0.450. The lowest BCUT2D eigenvalue weighted by Crippen LogP contribution is -2.14. The summed E-state index contributed by atoms with van der Waals surface area (Å²) in [5.41, 5.74) is 1.51. The predicted octanol–water partition coefficient (Wildman–Crippen LogP) is 1.74. The smallest absolute Gasteiger partial charge is 0.0214 e. The van der Waals surface area contributed by atoms with Gasteiger partial charge in [-0.1, -0.05) is 17.7 Å². The van der Waals surface area contributed by atoms with Crippen molar-refractivity contribution in [2.75, 3.05) is 13.1 Å². The van der Waals surface area contributed by atoms with Gasteiger partial charge in [0, 0.05) is 25.0 Å². The molecule has 0 aliphatic heterocycles. The summed E-state index contributed by atoms with van der Waals surface area (Å²) in [5.74, 6) is 5.78. The van der Waals surface area contributed by atoms with E-state index in [9.17, 15) is 0 Å². The summed E-state index contributed by atoms with van der Waals surface area (Å²) in [5, 5.41) is 3.15. The second-order valence-electron chi connectivity index (χ2n) is 1.74. The lowest BCUT2D eigenvalue weighted by molar-refractivity contribution is 0.765. The van der Waals surface area contributed by atoms with Gasteiger partial charge in [-0.2, -0.15) is 0 Å². The summed E-state index contributed by atoms with van der Waals surface area (Å²) in [7, 11) is 0. The minimum Gasteiger partial charge on any atom is -0.312 e. The molecule has 0 unspecified atom stereocenters. The van der Waals surface area contributed by atoms with Crippen molar-refractivity contribution in [1.82, 2.24) is 5.32 Å². The molecule has 0 atom stereocenters. The van der Waals surface area contributed by atoms with Crippen LogP contribution in [0.1, 0.15) is 13.3 Å². The molecule has 0 aromatic rings.